The Balaban J connectivity index is 2.40. The number of anilines is 2. The van der Waals surface area contributed by atoms with E-state index < -0.39 is 0 Å². The third-order valence-corrected chi connectivity index (χ3v) is 4.09. The number of carbonyl (C=O) groups excluding carboxylic acids is 1. The van der Waals surface area contributed by atoms with E-state index in [4.69, 9.17) is 20.9 Å². The van der Waals surface area contributed by atoms with Gasteiger partial charge in [0.05, 0.1) is 14.2 Å². The molecular formula is C9H10N4O3S2. The zero-order valence-corrected chi connectivity index (χ0v) is 11.2. The molecule has 0 saturated heterocycles. The number of hydrogen-bond acceptors (Lipinski definition) is 9. The number of ether oxygens (including phenoxy) is 2. The van der Waals surface area contributed by atoms with Gasteiger partial charge in [0.1, 0.15) is 21.4 Å². The molecule has 4 N–H and O–H groups in total. The Morgan fingerprint density at radius 1 is 1.00 bits per heavy atom. The van der Waals surface area contributed by atoms with Gasteiger partial charge in [-0.15, -0.1) is 0 Å². The van der Waals surface area contributed by atoms with Crippen molar-refractivity contribution in [3.05, 3.63) is 9.75 Å². The number of nitrogens with two attached hydrogens (primary N) is 2. The standard InChI is InChI=1S/C9H10N4O3S2/c1-15-8-12-6(10)4(17-8)3(14)5-7(11)13-9(16-2)18-5/h10-11H2,1-2H3. The normalized spacial score (nSPS) is 10.3. The van der Waals surface area contributed by atoms with Gasteiger partial charge >= 0.3 is 0 Å². The summed E-state index contributed by atoms with van der Waals surface area (Å²) in [5, 5.41) is 0.650. The minimum atomic E-state index is -0.327. The highest BCUT2D eigenvalue weighted by molar-refractivity contribution is 7.19. The predicted octanol–water partition coefficient (Wildman–Crippen LogP) is 1.01. The number of thiazole rings is 2. The fourth-order valence-corrected chi connectivity index (χ4v) is 2.78. The van der Waals surface area contributed by atoms with Crippen LogP contribution in [0.5, 0.6) is 10.4 Å². The van der Waals surface area contributed by atoms with Crippen LogP contribution in [0.15, 0.2) is 0 Å². The highest BCUT2D eigenvalue weighted by Gasteiger charge is 2.23. The Bertz CT molecular complexity index is 542. The van der Waals surface area contributed by atoms with Crippen LogP contribution in [0.2, 0.25) is 0 Å². The van der Waals surface area contributed by atoms with Crippen molar-refractivity contribution in [3.63, 3.8) is 0 Å². The van der Waals surface area contributed by atoms with Gasteiger partial charge in [-0.2, -0.15) is 9.97 Å². The van der Waals surface area contributed by atoms with E-state index in [1.807, 2.05) is 0 Å². The number of carbonyl (C=O) groups is 1. The van der Waals surface area contributed by atoms with Gasteiger partial charge in [0.2, 0.25) is 5.78 Å². The molecule has 0 atom stereocenters. The van der Waals surface area contributed by atoms with Crippen LogP contribution in [0.1, 0.15) is 14.5 Å². The zero-order valence-electron chi connectivity index (χ0n) is 9.59. The largest absolute Gasteiger partial charge is 0.473 e. The first-order valence-electron chi connectivity index (χ1n) is 4.72. The van der Waals surface area contributed by atoms with E-state index in [1.54, 1.807) is 0 Å². The lowest BCUT2D eigenvalue weighted by Crippen LogP contribution is -2.03. The smallest absolute Gasteiger partial charge is 0.275 e. The molecule has 0 saturated carbocycles. The molecule has 0 radical (unpaired) electrons. The molecule has 0 bridgehead atoms. The minimum Gasteiger partial charge on any atom is -0.473 e. The number of ketones is 1. The molecule has 2 aromatic rings. The van der Waals surface area contributed by atoms with E-state index in [2.05, 4.69) is 9.97 Å². The summed E-state index contributed by atoms with van der Waals surface area (Å²) in [5.41, 5.74) is 11.3. The van der Waals surface area contributed by atoms with Crippen LogP contribution in [0.25, 0.3) is 0 Å². The fourth-order valence-electron chi connectivity index (χ4n) is 1.23. The molecule has 2 aromatic heterocycles. The van der Waals surface area contributed by atoms with Crippen LogP contribution in [0.4, 0.5) is 11.6 Å². The minimum absolute atomic E-state index is 0.119. The van der Waals surface area contributed by atoms with E-state index in [-0.39, 0.29) is 27.2 Å². The zero-order chi connectivity index (χ0) is 13.3. The summed E-state index contributed by atoms with van der Waals surface area (Å²) in [6, 6.07) is 0. The maximum absolute atomic E-state index is 12.2. The number of nitrogen functional groups attached to an aromatic ring is 2. The van der Waals surface area contributed by atoms with Gasteiger partial charge in [-0.25, -0.2) is 0 Å². The van der Waals surface area contributed by atoms with Gasteiger partial charge in [-0.05, 0) is 0 Å². The van der Waals surface area contributed by atoms with Crippen molar-refractivity contribution in [2.24, 2.45) is 0 Å². The lowest BCUT2D eigenvalue weighted by Gasteiger charge is -1.94. The monoisotopic (exact) mass is 286 g/mol. The summed E-state index contributed by atoms with van der Waals surface area (Å²) in [6.07, 6.45) is 0. The first-order valence-corrected chi connectivity index (χ1v) is 6.35. The molecular weight excluding hydrogens is 276 g/mol. The molecule has 0 spiro atoms. The Kier molecular flexibility index (Phi) is 3.34. The average molecular weight is 286 g/mol. The van der Waals surface area contributed by atoms with Crippen molar-refractivity contribution in [1.82, 2.24) is 9.97 Å². The summed E-state index contributed by atoms with van der Waals surface area (Å²) in [7, 11) is 2.91. The Labute approximate surface area is 110 Å². The topological polar surface area (TPSA) is 113 Å². The van der Waals surface area contributed by atoms with Gasteiger partial charge in [-0.3, -0.25) is 4.79 Å². The van der Waals surface area contributed by atoms with Crippen molar-refractivity contribution in [2.45, 2.75) is 0 Å². The molecule has 0 aromatic carbocycles. The van der Waals surface area contributed by atoms with Crippen molar-refractivity contribution in [2.75, 3.05) is 25.7 Å². The summed E-state index contributed by atoms with van der Waals surface area (Å²) in [4.78, 5) is 20.6. The lowest BCUT2D eigenvalue weighted by molar-refractivity contribution is 0.104. The Morgan fingerprint density at radius 3 is 1.67 bits per heavy atom. The van der Waals surface area contributed by atoms with Crippen LogP contribution in [-0.2, 0) is 0 Å². The summed E-state index contributed by atoms with van der Waals surface area (Å²) in [6.45, 7) is 0. The molecule has 0 aliphatic heterocycles. The predicted molar refractivity (Wildman–Crippen MR) is 69.6 cm³/mol. The number of aromatic nitrogens is 2. The second-order valence-corrected chi connectivity index (χ2v) is 5.05. The molecule has 0 aliphatic rings. The van der Waals surface area contributed by atoms with E-state index in [0.29, 0.717) is 10.4 Å². The van der Waals surface area contributed by atoms with Crippen LogP contribution in [0.3, 0.4) is 0 Å². The number of hydrogen-bond donors (Lipinski definition) is 2. The summed E-state index contributed by atoms with van der Waals surface area (Å²) in [5.74, 6) is -0.0890. The van der Waals surface area contributed by atoms with E-state index in [9.17, 15) is 4.79 Å². The van der Waals surface area contributed by atoms with Crippen LogP contribution >= 0.6 is 22.7 Å². The first-order chi connectivity index (χ1) is 8.56. The number of methoxy groups -OCH3 is 2. The van der Waals surface area contributed by atoms with Crippen LogP contribution < -0.4 is 20.9 Å². The second kappa shape index (κ2) is 4.78. The molecule has 7 nitrogen and oxygen atoms in total. The SMILES string of the molecule is COc1nc(N)c(C(=O)c2sc(OC)nc2N)s1. The lowest BCUT2D eigenvalue weighted by atomic mass is 10.3. The van der Waals surface area contributed by atoms with Crippen molar-refractivity contribution in [3.8, 4) is 10.4 Å². The van der Waals surface area contributed by atoms with Gasteiger partial charge in [0.15, 0.2) is 0 Å². The molecule has 0 aliphatic carbocycles. The van der Waals surface area contributed by atoms with Gasteiger partial charge in [0.25, 0.3) is 10.4 Å². The maximum atomic E-state index is 12.2. The van der Waals surface area contributed by atoms with Crippen molar-refractivity contribution in [1.29, 1.82) is 0 Å². The van der Waals surface area contributed by atoms with E-state index in [1.165, 1.54) is 14.2 Å². The molecule has 18 heavy (non-hydrogen) atoms. The molecule has 96 valence electrons. The maximum Gasteiger partial charge on any atom is 0.275 e. The van der Waals surface area contributed by atoms with Crippen LogP contribution in [0, 0.1) is 0 Å². The average Bonchev–Trinajstić information content (AvgIpc) is 2.91. The van der Waals surface area contributed by atoms with Gasteiger partial charge < -0.3 is 20.9 Å². The Morgan fingerprint density at radius 2 is 1.39 bits per heavy atom. The number of rotatable bonds is 4. The van der Waals surface area contributed by atoms with E-state index >= 15 is 0 Å². The van der Waals surface area contributed by atoms with Crippen molar-refractivity contribution < 1.29 is 14.3 Å². The van der Waals surface area contributed by atoms with E-state index in [0.717, 1.165) is 22.7 Å². The molecule has 2 rings (SSSR count). The first kappa shape index (κ1) is 12.6. The summed E-state index contributed by atoms with van der Waals surface area (Å²) >= 11 is 2.13. The van der Waals surface area contributed by atoms with Gasteiger partial charge in [0, 0.05) is 0 Å². The highest BCUT2D eigenvalue weighted by Crippen LogP contribution is 2.34. The van der Waals surface area contributed by atoms with Gasteiger partial charge in [-0.1, -0.05) is 22.7 Å². The third-order valence-electron chi connectivity index (χ3n) is 2.03. The van der Waals surface area contributed by atoms with Crippen LogP contribution in [-0.4, -0.2) is 30.0 Å². The molecule has 9 heteroatoms. The second-order valence-electron chi connectivity index (χ2n) is 3.13. The fraction of sp³-hybridized carbons (Fsp3) is 0.222. The summed E-state index contributed by atoms with van der Waals surface area (Å²) < 4.78 is 9.85. The van der Waals surface area contributed by atoms with Crippen molar-refractivity contribution >= 4 is 40.1 Å². The molecule has 0 amide bonds. The number of nitrogens with zero attached hydrogens (tertiary/aromatic N) is 2. The molecule has 0 unspecified atom stereocenters. The Hall–Kier alpha value is -1.87. The molecule has 0 fully saturated rings. The third kappa shape index (κ3) is 2.09. The quantitative estimate of drug-likeness (QED) is 0.806. The molecule has 2 heterocycles. The highest BCUT2D eigenvalue weighted by atomic mass is 32.1.